The van der Waals surface area contributed by atoms with E-state index in [2.05, 4.69) is 20.2 Å². The van der Waals surface area contributed by atoms with E-state index in [4.69, 9.17) is 9.47 Å². The Hall–Kier alpha value is -3.03. The van der Waals surface area contributed by atoms with Gasteiger partial charge in [0.2, 0.25) is 5.95 Å². The van der Waals surface area contributed by atoms with Crippen molar-refractivity contribution in [1.29, 1.82) is 0 Å². The van der Waals surface area contributed by atoms with Crippen LogP contribution in [0.1, 0.15) is 5.56 Å². The lowest BCUT2D eigenvalue weighted by molar-refractivity contribution is 0.194. The molecule has 1 aliphatic rings. The maximum Gasteiger partial charge on any atom is 0.317 e. The largest absolute Gasteiger partial charge is 0.493 e. The summed E-state index contributed by atoms with van der Waals surface area (Å²) in [6, 6.07) is 7.55. The Kier molecular flexibility index (Phi) is 6.30. The first kappa shape index (κ1) is 18.8. The topological polar surface area (TPSA) is 79.8 Å². The minimum absolute atomic E-state index is 0.0379. The molecule has 8 nitrogen and oxygen atoms in total. The lowest BCUT2D eigenvalue weighted by Gasteiger charge is -2.34. The zero-order valence-corrected chi connectivity index (χ0v) is 15.7. The highest BCUT2D eigenvalue weighted by Crippen LogP contribution is 2.27. The molecule has 0 radical (unpaired) electrons. The monoisotopic (exact) mass is 371 g/mol. The molecule has 0 saturated carbocycles. The van der Waals surface area contributed by atoms with Crippen LogP contribution in [-0.2, 0) is 6.42 Å². The average molecular weight is 371 g/mol. The van der Waals surface area contributed by atoms with Gasteiger partial charge in [-0.15, -0.1) is 0 Å². The highest BCUT2D eigenvalue weighted by atomic mass is 16.5. The van der Waals surface area contributed by atoms with Crippen molar-refractivity contribution < 1.29 is 14.3 Å². The maximum absolute atomic E-state index is 12.4. The predicted octanol–water partition coefficient (Wildman–Crippen LogP) is 1.57. The van der Waals surface area contributed by atoms with Gasteiger partial charge in [0.15, 0.2) is 11.5 Å². The molecule has 0 atom stereocenters. The van der Waals surface area contributed by atoms with Crippen molar-refractivity contribution in [2.24, 2.45) is 0 Å². The van der Waals surface area contributed by atoms with Crippen LogP contribution in [-0.4, -0.2) is 67.8 Å². The highest BCUT2D eigenvalue weighted by molar-refractivity contribution is 5.74. The van der Waals surface area contributed by atoms with Crippen molar-refractivity contribution in [2.75, 3.05) is 51.8 Å². The first-order chi connectivity index (χ1) is 13.2. The van der Waals surface area contributed by atoms with Crippen LogP contribution in [0, 0.1) is 0 Å². The number of piperazine rings is 1. The second-order valence-corrected chi connectivity index (χ2v) is 6.19. The van der Waals surface area contributed by atoms with E-state index in [1.807, 2.05) is 23.1 Å². The van der Waals surface area contributed by atoms with E-state index >= 15 is 0 Å². The minimum Gasteiger partial charge on any atom is -0.493 e. The predicted molar refractivity (Wildman–Crippen MR) is 102 cm³/mol. The number of benzene rings is 1. The molecule has 3 rings (SSSR count). The van der Waals surface area contributed by atoms with Gasteiger partial charge in [0, 0.05) is 45.1 Å². The molecule has 2 aromatic rings. The summed E-state index contributed by atoms with van der Waals surface area (Å²) in [7, 11) is 3.23. The van der Waals surface area contributed by atoms with Crippen LogP contribution in [0.3, 0.4) is 0 Å². The van der Waals surface area contributed by atoms with Crippen LogP contribution >= 0.6 is 0 Å². The smallest absolute Gasteiger partial charge is 0.317 e. The quantitative estimate of drug-likeness (QED) is 0.830. The molecule has 8 heteroatoms. The van der Waals surface area contributed by atoms with Crippen LogP contribution in [0.5, 0.6) is 11.5 Å². The molecule has 1 aromatic carbocycles. The van der Waals surface area contributed by atoms with E-state index in [0.29, 0.717) is 37.1 Å². The third-order valence-electron chi connectivity index (χ3n) is 4.54. The van der Waals surface area contributed by atoms with Gasteiger partial charge >= 0.3 is 6.03 Å². The van der Waals surface area contributed by atoms with Crippen LogP contribution in [0.2, 0.25) is 0 Å². The molecule has 0 bridgehead atoms. The van der Waals surface area contributed by atoms with Gasteiger partial charge in [0.05, 0.1) is 14.2 Å². The Morgan fingerprint density at radius 2 is 1.78 bits per heavy atom. The van der Waals surface area contributed by atoms with Crippen molar-refractivity contribution in [3.8, 4) is 11.5 Å². The molecule has 0 unspecified atom stereocenters. The van der Waals surface area contributed by atoms with Crippen LogP contribution in [0.25, 0.3) is 0 Å². The summed E-state index contributed by atoms with van der Waals surface area (Å²) < 4.78 is 10.6. The molecule has 1 aromatic heterocycles. The molecule has 27 heavy (non-hydrogen) atoms. The summed E-state index contributed by atoms with van der Waals surface area (Å²) in [6.07, 6.45) is 4.19. The fourth-order valence-corrected chi connectivity index (χ4v) is 3.03. The van der Waals surface area contributed by atoms with Gasteiger partial charge < -0.3 is 24.6 Å². The Balaban J connectivity index is 1.44. The number of urea groups is 1. The van der Waals surface area contributed by atoms with E-state index < -0.39 is 0 Å². The third kappa shape index (κ3) is 4.78. The summed E-state index contributed by atoms with van der Waals surface area (Å²) in [5.41, 5.74) is 1.08. The summed E-state index contributed by atoms with van der Waals surface area (Å²) in [4.78, 5) is 24.8. The van der Waals surface area contributed by atoms with Gasteiger partial charge in [-0.05, 0) is 30.2 Å². The van der Waals surface area contributed by atoms with Gasteiger partial charge in [-0.25, -0.2) is 14.8 Å². The summed E-state index contributed by atoms with van der Waals surface area (Å²) in [6.45, 7) is 3.33. The van der Waals surface area contributed by atoms with E-state index in [0.717, 1.165) is 25.1 Å². The number of carbonyl (C=O) groups is 1. The molecule has 1 saturated heterocycles. The lowest BCUT2D eigenvalue weighted by atomic mass is 10.1. The molecule has 144 valence electrons. The Morgan fingerprint density at radius 1 is 1.07 bits per heavy atom. The van der Waals surface area contributed by atoms with Crippen molar-refractivity contribution in [3.63, 3.8) is 0 Å². The Morgan fingerprint density at radius 3 is 2.44 bits per heavy atom. The van der Waals surface area contributed by atoms with Gasteiger partial charge in [-0.2, -0.15) is 0 Å². The number of hydrogen-bond acceptors (Lipinski definition) is 6. The number of carbonyl (C=O) groups excluding carboxylic acids is 1. The van der Waals surface area contributed by atoms with Crippen LogP contribution in [0.4, 0.5) is 10.7 Å². The van der Waals surface area contributed by atoms with E-state index in [-0.39, 0.29) is 6.03 Å². The van der Waals surface area contributed by atoms with Crippen LogP contribution in [0.15, 0.2) is 36.7 Å². The normalized spacial score (nSPS) is 14.0. The number of methoxy groups -OCH3 is 2. The molecule has 0 spiro atoms. The van der Waals surface area contributed by atoms with E-state index in [9.17, 15) is 4.79 Å². The Bertz CT molecular complexity index is 748. The molecule has 1 aliphatic heterocycles. The number of rotatable bonds is 6. The standard InChI is InChI=1S/C19H25N5O3/c1-26-16-5-4-15(14-17(16)27-2)6-9-22-19(25)24-12-10-23(11-13-24)18-20-7-3-8-21-18/h3-5,7-8,14H,6,9-13H2,1-2H3,(H,22,25). The average Bonchev–Trinajstić information content (AvgIpc) is 2.74. The van der Waals surface area contributed by atoms with Crippen molar-refractivity contribution >= 4 is 12.0 Å². The molecular weight excluding hydrogens is 346 g/mol. The lowest BCUT2D eigenvalue weighted by Crippen LogP contribution is -2.52. The molecule has 1 fully saturated rings. The first-order valence-electron chi connectivity index (χ1n) is 8.97. The first-order valence-corrected chi connectivity index (χ1v) is 8.97. The van der Waals surface area contributed by atoms with Gasteiger partial charge in [-0.3, -0.25) is 0 Å². The highest BCUT2D eigenvalue weighted by Gasteiger charge is 2.22. The van der Waals surface area contributed by atoms with Gasteiger partial charge in [0.25, 0.3) is 0 Å². The van der Waals surface area contributed by atoms with E-state index in [1.54, 1.807) is 32.7 Å². The fraction of sp³-hybridized carbons (Fsp3) is 0.421. The number of aromatic nitrogens is 2. The second kappa shape index (κ2) is 9.07. The number of amides is 2. The van der Waals surface area contributed by atoms with E-state index in [1.165, 1.54) is 0 Å². The maximum atomic E-state index is 12.4. The molecule has 1 N–H and O–H groups in total. The van der Waals surface area contributed by atoms with Crippen molar-refractivity contribution in [2.45, 2.75) is 6.42 Å². The molecule has 2 heterocycles. The van der Waals surface area contributed by atoms with Crippen LogP contribution < -0.4 is 19.7 Å². The zero-order valence-electron chi connectivity index (χ0n) is 15.7. The van der Waals surface area contributed by atoms with Gasteiger partial charge in [0.1, 0.15) is 0 Å². The fourth-order valence-electron chi connectivity index (χ4n) is 3.03. The SMILES string of the molecule is COc1ccc(CCNC(=O)N2CCN(c3ncccn3)CC2)cc1OC. The zero-order chi connectivity index (χ0) is 19.1. The summed E-state index contributed by atoms with van der Waals surface area (Å²) in [5, 5.41) is 2.99. The number of nitrogens with one attached hydrogen (secondary N) is 1. The Labute approximate surface area is 159 Å². The number of anilines is 1. The summed E-state index contributed by atoms with van der Waals surface area (Å²) >= 11 is 0. The number of hydrogen-bond donors (Lipinski definition) is 1. The van der Waals surface area contributed by atoms with Crippen molar-refractivity contribution in [3.05, 3.63) is 42.2 Å². The summed E-state index contributed by atoms with van der Waals surface area (Å²) in [5.74, 6) is 2.11. The molecule has 2 amide bonds. The molecular formula is C19H25N5O3. The third-order valence-corrected chi connectivity index (χ3v) is 4.54. The van der Waals surface area contributed by atoms with Gasteiger partial charge in [-0.1, -0.05) is 6.07 Å². The molecule has 0 aliphatic carbocycles. The second-order valence-electron chi connectivity index (χ2n) is 6.19. The van der Waals surface area contributed by atoms with Crippen molar-refractivity contribution in [1.82, 2.24) is 20.2 Å². The minimum atomic E-state index is -0.0379. The number of ether oxygens (including phenoxy) is 2. The number of nitrogens with zero attached hydrogens (tertiary/aromatic N) is 4.